The largest absolute Gasteiger partial charge is 0.417 e. The monoisotopic (exact) mass is 757 g/mol. The fourth-order valence-electron chi connectivity index (χ4n) is 8.69. The molecule has 0 N–H and O–H groups in total. The maximum absolute atomic E-state index is 14.7. The number of halogens is 3. The summed E-state index contributed by atoms with van der Waals surface area (Å²) >= 11 is 0. The molecule has 0 radical (unpaired) electrons. The van der Waals surface area contributed by atoms with Crippen LogP contribution in [0.15, 0.2) is 170 Å². The molecule has 0 fully saturated rings. The normalized spacial score (nSPS) is 11.9. The van der Waals surface area contributed by atoms with Gasteiger partial charge in [-0.3, -0.25) is 0 Å². The minimum Gasteiger partial charge on any atom is -0.307 e. The Kier molecular flexibility index (Phi) is 8.10. The smallest absolute Gasteiger partial charge is 0.307 e. The van der Waals surface area contributed by atoms with E-state index in [1.54, 1.807) is 18.2 Å². The Bertz CT molecular complexity index is 3320. The van der Waals surface area contributed by atoms with Gasteiger partial charge in [-0.05, 0) is 96.3 Å². The second-order valence-electron chi connectivity index (χ2n) is 14.9. The van der Waals surface area contributed by atoms with E-state index in [4.69, 9.17) is 0 Å². The molecule has 2 aromatic heterocycles. The molecule has 58 heavy (non-hydrogen) atoms. The van der Waals surface area contributed by atoms with Gasteiger partial charge in [0, 0.05) is 27.1 Å². The molecule has 278 valence electrons. The molecule has 0 unspecified atom stereocenters. The van der Waals surface area contributed by atoms with Crippen molar-refractivity contribution in [2.75, 3.05) is 0 Å². The predicted molar refractivity (Wildman–Crippen MR) is 231 cm³/mol. The predicted octanol–water partition coefficient (Wildman–Crippen LogP) is 14.4. The minimum absolute atomic E-state index is 0.0492. The zero-order valence-electron chi connectivity index (χ0n) is 31.6. The van der Waals surface area contributed by atoms with Crippen molar-refractivity contribution >= 4 is 43.6 Å². The van der Waals surface area contributed by atoms with Gasteiger partial charge in [-0.15, -0.1) is 0 Å². The maximum Gasteiger partial charge on any atom is 0.417 e. The molecule has 0 spiro atoms. The molecule has 0 bridgehead atoms. The van der Waals surface area contributed by atoms with Crippen LogP contribution in [0.1, 0.15) is 22.3 Å². The molecule has 2 heterocycles. The van der Waals surface area contributed by atoms with E-state index in [0.717, 1.165) is 83.1 Å². The Labute approximate surface area is 333 Å². The van der Waals surface area contributed by atoms with Crippen molar-refractivity contribution in [3.8, 4) is 50.8 Å². The third-order valence-corrected chi connectivity index (χ3v) is 11.3. The van der Waals surface area contributed by atoms with Crippen molar-refractivity contribution in [2.24, 2.45) is 0 Å². The summed E-state index contributed by atoms with van der Waals surface area (Å²) in [4.78, 5) is 0. The van der Waals surface area contributed by atoms with Gasteiger partial charge in [-0.2, -0.15) is 18.4 Å². The third kappa shape index (κ3) is 5.66. The van der Waals surface area contributed by atoms with E-state index in [0.29, 0.717) is 11.4 Å². The van der Waals surface area contributed by atoms with Crippen LogP contribution in [0, 0.1) is 25.2 Å². The highest BCUT2D eigenvalue weighted by atomic mass is 19.4. The maximum atomic E-state index is 14.7. The van der Waals surface area contributed by atoms with Crippen LogP contribution in [-0.4, -0.2) is 9.13 Å². The Morgan fingerprint density at radius 2 is 0.897 bits per heavy atom. The number of hydrogen-bond acceptors (Lipinski definition) is 1. The van der Waals surface area contributed by atoms with Crippen molar-refractivity contribution in [3.05, 3.63) is 192 Å². The summed E-state index contributed by atoms with van der Waals surface area (Å²) in [5.41, 5.74) is 11.1. The number of rotatable bonds is 5. The van der Waals surface area contributed by atoms with Crippen molar-refractivity contribution in [1.82, 2.24) is 9.13 Å². The van der Waals surface area contributed by atoms with Gasteiger partial charge >= 0.3 is 6.18 Å². The fourth-order valence-corrected chi connectivity index (χ4v) is 8.69. The molecule has 10 rings (SSSR count). The molecule has 8 aromatic carbocycles. The van der Waals surface area contributed by atoms with E-state index in [1.165, 1.54) is 12.1 Å². The average Bonchev–Trinajstić information content (AvgIpc) is 3.75. The van der Waals surface area contributed by atoms with Gasteiger partial charge in [-0.25, -0.2) is 0 Å². The van der Waals surface area contributed by atoms with Crippen LogP contribution in [-0.2, 0) is 6.18 Å². The number of hydrogen-bond donors (Lipinski definition) is 0. The van der Waals surface area contributed by atoms with Crippen LogP contribution >= 0.6 is 0 Å². The molecular formula is C52H34F3N3. The number of para-hydroxylation sites is 2. The Hall–Kier alpha value is -7.36. The molecule has 0 aliphatic rings. The van der Waals surface area contributed by atoms with Gasteiger partial charge in [0.15, 0.2) is 0 Å². The van der Waals surface area contributed by atoms with Crippen LogP contribution < -0.4 is 0 Å². The van der Waals surface area contributed by atoms with E-state index in [-0.39, 0.29) is 16.7 Å². The molecule has 0 saturated carbocycles. The lowest BCUT2D eigenvalue weighted by atomic mass is 9.94. The second-order valence-corrected chi connectivity index (χ2v) is 14.9. The molecule has 0 amide bonds. The highest BCUT2D eigenvalue weighted by Gasteiger charge is 2.34. The quantitative estimate of drug-likeness (QED) is 0.172. The van der Waals surface area contributed by atoms with Crippen LogP contribution in [0.5, 0.6) is 0 Å². The van der Waals surface area contributed by atoms with Crippen LogP contribution in [0.2, 0.25) is 0 Å². The van der Waals surface area contributed by atoms with Gasteiger partial charge in [0.05, 0.1) is 50.6 Å². The lowest BCUT2D eigenvalue weighted by Crippen LogP contribution is -2.09. The van der Waals surface area contributed by atoms with Crippen molar-refractivity contribution < 1.29 is 13.2 Å². The van der Waals surface area contributed by atoms with Gasteiger partial charge in [-0.1, -0.05) is 126 Å². The zero-order chi connectivity index (χ0) is 39.7. The van der Waals surface area contributed by atoms with Gasteiger partial charge in [0.2, 0.25) is 0 Å². The molecule has 0 atom stereocenters. The summed E-state index contributed by atoms with van der Waals surface area (Å²) in [6, 6.07) is 57.2. The highest BCUT2D eigenvalue weighted by molar-refractivity contribution is 6.13. The van der Waals surface area contributed by atoms with E-state index in [1.807, 2.05) is 30.3 Å². The van der Waals surface area contributed by atoms with Crippen molar-refractivity contribution in [3.63, 3.8) is 0 Å². The van der Waals surface area contributed by atoms with E-state index < -0.39 is 11.7 Å². The first-order chi connectivity index (χ1) is 28.2. The Balaban J connectivity index is 1.33. The molecule has 0 aliphatic carbocycles. The van der Waals surface area contributed by atoms with E-state index in [2.05, 4.69) is 132 Å². The number of aromatic nitrogens is 2. The summed E-state index contributed by atoms with van der Waals surface area (Å²) in [6.45, 7) is 4.16. The topological polar surface area (TPSA) is 33.6 Å². The number of aryl methyl sites for hydroxylation is 2. The second kappa shape index (κ2) is 13.4. The average molecular weight is 758 g/mol. The SMILES string of the molecule is Cc1cccc(-c2ccc3c(c2)c2ccccc2n3-c2cc(C#N)c(-c3ccccc3C(F)(F)F)cc2-n2c3ccccc3c3cc(-c4cccc(C)c4)ccc32)c1. The molecular weight excluding hydrogens is 724 g/mol. The Morgan fingerprint density at radius 1 is 0.431 bits per heavy atom. The minimum atomic E-state index is -4.64. The third-order valence-electron chi connectivity index (χ3n) is 11.3. The van der Waals surface area contributed by atoms with E-state index in [9.17, 15) is 18.4 Å². The highest BCUT2D eigenvalue weighted by Crippen LogP contribution is 2.44. The van der Waals surface area contributed by atoms with Gasteiger partial charge in [0.1, 0.15) is 0 Å². The standard InChI is InChI=1S/C52H34F3N3/c1-32-11-9-13-34(25-32)36-21-23-48-43(27-36)40-16-4-7-19-46(40)57(48)50-29-38(31-56)42(39-15-3-6-18-45(39)52(53,54)55)30-51(50)58-47-20-8-5-17-41(47)44-28-37(22-24-49(44)58)35-14-10-12-33(2)26-35/h3-30H,1-2H3. The summed E-state index contributed by atoms with van der Waals surface area (Å²) < 4.78 is 48.4. The molecule has 0 aliphatic heterocycles. The van der Waals surface area contributed by atoms with Crippen molar-refractivity contribution in [2.45, 2.75) is 20.0 Å². The lowest BCUT2D eigenvalue weighted by Gasteiger charge is -2.21. The number of benzene rings is 8. The van der Waals surface area contributed by atoms with Gasteiger partial charge < -0.3 is 9.13 Å². The number of nitrogens with zero attached hydrogens (tertiary/aromatic N) is 3. The number of fused-ring (bicyclic) bond motifs is 6. The number of alkyl halides is 3. The van der Waals surface area contributed by atoms with Crippen molar-refractivity contribution in [1.29, 1.82) is 5.26 Å². The van der Waals surface area contributed by atoms with Crippen LogP contribution in [0.4, 0.5) is 13.2 Å². The summed E-state index contributed by atoms with van der Waals surface area (Å²) in [7, 11) is 0. The first-order valence-electron chi connectivity index (χ1n) is 19.1. The number of nitriles is 1. The lowest BCUT2D eigenvalue weighted by molar-refractivity contribution is -0.137. The summed E-state index contributed by atoms with van der Waals surface area (Å²) in [5.74, 6) is 0. The Morgan fingerprint density at radius 3 is 1.41 bits per heavy atom. The summed E-state index contributed by atoms with van der Waals surface area (Å²) in [5, 5.41) is 14.8. The van der Waals surface area contributed by atoms with Gasteiger partial charge in [0.25, 0.3) is 0 Å². The molecule has 3 nitrogen and oxygen atoms in total. The van der Waals surface area contributed by atoms with Crippen LogP contribution in [0.25, 0.3) is 88.4 Å². The first-order valence-corrected chi connectivity index (χ1v) is 19.1. The van der Waals surface area contributed by atoms with E-state index >= 15 is 0 Å². The first kappa shape index (κ1) is 35.1. The van der Waals surface area contributed by atoms with Crippen LogP contribution in [0.3, 0.4) is 0 Å². The summed E-state index contributed by atoms with van der Waals surface area (Å²) in [6.07, 6.45) is -4.64. The molecule has 6 heteroatoms. The molecule has 0 saturated heterocycles. The fraction of sp³-hybridized carbons (Fsp3) is 0.0577. The molecule has 10 aromatic rings. The zero-order valence-corrected chi connectivity index (χ0v) is 31.6.